The summed E-state index contributed by atoms with van der Waals surface area (Å²) >= 11 is 0. The molecule has 0 fully saturated rings. The molecule has 1 unspecified atom stereocenters. The van der Waals surface area contributed by atoms with Crippen molar-refractivity contribution in [3.05, 3.63) is 46.8 Å². The number of fused-ring (bicyclic) bond motifs is 1. The highest BCUT2D eigenvalue weighted by atomic mass is 16.5. The fourth-order valence-corrected chi connectivity index (χ4v) is 2.72. The molecule has 1 aliphatic heterocycles. The van der Waals surface area contributed by atoms with Crippen LogP contribution in [-0.4, -0.2) is 16.4 Å². The van der Waals surface area contributed by atoms with Crippen LogP contribution in [0.15, 0.2) is 24.3 Å². The van der Waals surface area contributed by atoms with Crippen LogP contribution in [0.4, 0.5) is 0 Å². The molecule has 0 saturated carbocycles. The summed E-state index contributed by atoms with van der Waals surface area (Å²) in [7, 11) is 1.95. The number of nitrogens with zero attached hydrogens (tertiary/aromatic N) is 2. The van der Waals surface area contributed by atoms with Gasteiger partial charge in [0.1, 0.15) is 5.75 Å². The van der Waals surface area contributed by atoms with E-state index in [4.69, 9.17) is 10.6 Å². The molecule has 20 heavy (non-hydrogen) atoms. The lowest BCUT2D eigenvalue weighted by molar-refractivity contribution is 0.356. The minimum Gasteiger partial charge on any atom is -0.493 e. The number of hydrazine groups is 1. The van der Waals surface area contributed by atoms with Crippen LogP contribution in [0.25, 0.3) is 0 Å². The van der Waals surface area contributed by atoms with E-state index in [1.165, 1.54) is 5.56 Å². The van der Waals surface area contributed by atoms with Crippen LogP contribution >= 0.6 is 0 Å². The van der Waals surface area contributed by atoms with Crippen LogP contribution in [0.2, 0.25) is 0 Å². The molecule has 5 heteroatoms. The van der Waals surface area contributed by atoms with Gasteiger partial charge in [0.2, 0.25) is 0 Å². The summed E-state index contributed by atoms with van der Waals surface area (Å²) in [6, 6.07) is 8.31. The van der Waals surface area contributed by atoms with Gasteiger partial charge in [0.25, 0.3) is 0 Å². The summed E-state index contributed by atoms with van der Waals surface area (Å²) in [5.74, 6) is 6.77. The van der Waals surface area contributed by atoms with Gasteiger partial charge in [-0.2, -0.15) is 5.10 Å². The normalized spacial score (nSPS) is 14.9. The molecular formula is C15H20N4O. The van der Waals surface area contributed by atoms with Crippen molar-refractivity contribution in [2.75, 3.05) is 6.61 Å². The van der Waals surface area contributed by atoms with Crippen LogP contribution in [0, 0.1) is 0 Å². The Hall–Kier alpha value is -1.85. The Kier molecular flexibility index (Phi) is 3.46. The van der Waals surface area contributed by atoms with Gasteiger partial charge in [0, 0.05) is 13.5 Å². The monoisotopic (exact) mass is 272 g/mol. The highest BCUT2D eigenvalue weighted by molar-refractivity contribution is 5.42. The lowest BCUT2D eigenvalue weighted by Gasteiger charge is -2.17. The molecule has 0 radical (unpaired) electrons. The molecule has 0 spiro atoms. The Bertz CT molecular complexity index is 620. The summed E-state index contributed by atoms with van der Waals surface area (Å²) in [6.07, 6.45) is 1.88. The average molecular weight is 272 g/mol. The Labute approximate surface area is 118 Å². The van der Waals surface area contributed by atoms with E-state index in [0.29, 0.717) is 0 Å². The quantitative estimate of drug-likeness (QED) is 0.653. The van der Waals surface area contributed by atoms with Crippen molar-refractivity contribution in [3.63, 3.8) is 0 Å². The Morgan fingerprint density at radius 1 is 1.45 bits per heavy atom. The Morgan fingerprint density at radius 2 is 2.30 bits per heavy atom. The minimum atomic E-state index is -0.0568. The van der Waals surface area contributed by atoms with Crippen molar-refractivity contribution in [2.24, 2.45) is 12.9 Å². The number of nitrogens with two attached hydrogens (primary N) is 1. The predicted octanol–water partition coefficient (Wildman–Crippen LogP) is 1.47. The molecular weight excluding hydrogens is 252 g/mol. The standard InChI is InChI=1S/C15H20N4O/c1-3-12-9-13(19(2)18-12)15(17-16)11-4-5-14-10(8-11)6-7-20-14/h4-5,8-9,15,17H,3,6-7,16H2,1-2H3. The summed E-state index contributed by atoms with van der Waals surface area (Å²) in [5.41, 5.74) is 7.44. The first-order chi connectivity index (χ1) is 9.72. The third kappa shape index (κ3) is 2.19. The molecule has 0 amide bonds. The Morgan fingerprint density at radius 3 is 3.00 bits per heavy atom. The van der Waals surface area contributed by atoms with E-state index < -0.39 is 0 Å². The molecule has 0 aliphatic carbocycles. The third-order valence-electron chi connectivity index (χ3n) is 3.84. The highest BCUT2D eigenvalue weighted by Crippen LogP contribution is 2.30. The highest BCUT2D eigenvalue weighted by Gasteiger charge is 2.20. The van der Waals surface area contributed by atoms with Gasteiger partial charge in [0.15, 0.2) is 0 Å². The second kappa shape index (κ2) is 5.26. The molecule has 5 nitrogen and oxygen atoms in total. The molecule has 1 atom stereocenters. The van der Waals surface area contributed by atoms with Crippen molar-refractivity contribution in [1.82, 2.24) is 15.2 Å². The summed E-state index contributed by atoms with van der Waals surface area (Å²) in [5, 5.41) is 4.49. The first-order valence-corrected chi connectivity index (χ1v) is 6.97. The smallest absolute Gasteiger partial charge is 0.122 e. The summed E-state index contributed by atoms with van der Waals surface area (Å²) < 4.78 is 7.44. The zero-order valence-corrected chi connectivity index (χ0v) is 11.9. The van der Waals surface area contributed by atoms with Crippen molar-refractivity contribution in [3.8, 4) is 5.75 Å². The average Bonchev–Trinajstić information content (AvgIpc) is 3.06. The number of benzene rings is 1. The molecule has 3 rings (SSSR count). The van der Waals surface area contributed by atoms with Gasteiger partial charge in [0.05, 0.1) is 24.0 Å². The molecule has 106 valence electrons. The van der Waals surface area contributed by atoms with Crippen LogP contribution in [0.1, 0.15) is 35.5 Å². The van der Waals surface area contributed by atoms with E-state index >= 15 is 0 Å². The predicted molar refractivity (Wildman–Crippen MR) is 77.4 cm³/mol. The van der Waals surface area contributed by atoms with Crippen LogP contribution in [-0.2, 0) is 19.9 Å². The maximum Gasteiger partial charge on any atom is 0.122 e. The zero-order chi connectivity index (χ0) is 14.1. The van der Waals surface area contributed by atoms with Gasteiger partial charge in [-0.1, -0.05) is 13.0 Å². The number of aromatic nitrogens is 2. The number of aryl methyl sites for hydroxylation is 2. The topological polar surface area (TPSA) is 65.1 Å². The number of hydrogen-bond acceptors (Lipinski definition) is 4. The minimum absolute atomic E-state index is 0.0568. The molecule has 0 bridgehead atoms. The number of nitrogens with one attached hydrogen (secondary N) is 1. The van der Waals surface area contributed by atoms with E-state index in [0.717, 1.165) is 42.1 Å². The second-order valence-corrected chi connectivity index (χ2v) is 5.10. The molecule has 0 saturated heterocycles. The van der Waals surface area contributed by atoms with Gasteiger partial charge in [-0.05, 0) is 35.7 Å². The molecule has 2 aromatic rings. The van der Waals surface area contributed by atoms with Crippen LogP contribution in [0.5, 0.6) is 5.75 Å². The van der Waals surface area contributed by atoms with E-state index in [9.17, 15) is 0 Å². The third-order valence-corrected chi connectivity index (χ3v) is 3.84. The lowest BCUT2D eigenvalue weighted by Crippen LogP contribution is -2.30. The van der Waals surface area contributed by atoms with Crippen molar-refractivity contribution in [2.45, 2.75) is 25.8 Å². The summed E-state index contributed by atoms with van der Waals surface area (Å²) in [6.45, 7) is 2.87. The number of rotatable bonds is 4. The molecule has 1 aromatic carbocycles. The fraction of sp³-hybridized carbons (Fsp3) is 0.400. The first kappa shape index (κ1) is 13.1. The van der Waals surface area contributed by atoms with Gasteiger partial charge in [-0.3, -0.25) is 10.5 Å². The molecule has 1 aliphatic rings. The Balaban J connectivity index is 1.98. The van der Waals surface area contributed by atoms with Gasteiger partial charge in [-0.25, -0.2) is 5.43 Å². The van der Waals surface area contributed by atoms with E-state index in [1.807, 2.05) is 17.8 Å². The molecule has 2 heterocycles. The van der Waals surface area contributed by atoms with Crippen LogP contribution < -0.4 is 16.0 Å². The van der Waals surface area contributed by atoms with E-state index in [1.54, 1.807) is 0 Å². The van der Waals surface area contributed by atoms with Crippen molar-refractivity contribution in [1.29, 1.82) is 0 Å². The second-order valence-electron chi connectivity index (χ2n) is 5.10. The van der Waals surface area contributed by atoms with E-state index in [2.05, 4.69) is 35.6 Å². The summed E-state index contributed by atoms with van der Waals surface area (Å²) in [4.78, 5) is 0. The van der Waals surface area contributed by atoms with Gasteiger partial charge in [-0.15, -0.1) is 0 Å². The van der Waals surface area contributed by atoms with Crippen LogP contribution in [0.3, 0.4) is 0 Å². The number of hydrogen-bond donors (Lipinski definition) is 2. The molecule has 3 N–H and O–H groups in total. The maximum absolute atomic E-state index is 5.78. The van der Waals surface area contributed by atoms with Crippen molar-refractivity contribution >= 4 is 0 Å². The first-order valence-electron chi connectivity index (χ1n) is 6.97. The van der Waals surface area contributed by atoms with Gasteiger partial charge < -0.3 is 4.74 Å². The fourth-order valence-electron chi connectivity index (χ4n) is 2.72. The van der Waals surface area contributed by atoms with Crippen molar-refractivity contribution < 1.29 is 4.74 Å². The molecule has 1 aromatic heterocycles. The maximum atomic E-state index is 5.78. The SMILES string of the molecule is CCc1cc(C(NN)c2ccc3c(c2)CCO3)n(C)n1. The lowest BCUT2D eigenvalue weighted by atomic mass is 10.0. The van der Waals surface area contributed by atoms with E-state index in [-0.39, 0.29) is 6.04 Å². The zero-order valence-electron chi connectivity index (χ0n) is 11.9. The largest absolute Gasteiger partial charge is 0.493 e. The number of ether oxygens (including phenoxy) is 1. The van der Waals surface area contributed by atoms with Gasteiger partial charge >= 0.3 is 0 Å².